The van der Waals surface area contributed by atoms with Crippen molar-refractivity contribution in [1.82, 2.24) is 24.9 Å². The number of methoxy groups -OCH3 is 1. The minimum Gasteiger partial charge on any atom is -0.469 e. The van der Waals surface area contributed by atoms with Crippen molar-refractivity contribution in [2.45, 2.75) is 31.7 Å². The molecule has 3 fully saturated rings. The van der Waals surface area contributed by atoms with Gasteiger partial charge in [0.25, 0.3) is 0 Å². The third-order valence-electron chi connectivity index (χ3n) is 7.19. The third kappa shape index (κ3) is 3.40. The number of aromatic nitrogens is 5. The van der Waals surface area contributed by atoms with E-state index in [1.165, 1.54) is 13.3 Å². The lowest BCUT2D eigenvalue weighted by Gasteiger charge is -2.47. The fourth-order valence-corrected chi connectivity index (χ4v) is 5.77. The van der Waals surface area contributed by atoms with E-state index in [9.17, 15) is 4.79 Å². The van der Waals surface area contributed by atoms with E-state index in [2.05, 4.69) is 20.3 Å². The maximum absolute atomic E-state index is 12.7. The zero-order valence-corrected chi connectivity index (χ0v) is 18.8. The minimum absolute atomic E-state index is 0.0201. The molecule has 2 N–H and O–H groups in total. The molecule has 2 bridgehead atoms. The molecule has 0 radical (unpaired) electrons. The zero-order valence-electron chi connectivity index (χ0n) is 18.1. The molecule has 3 aromatic heterocycles. The zero-order chi connectivity index (χ0) is 22.5. The summed E-state index contributed by atoms with van der Waals surface area (Å²) in [5, 5.41) is 4.88. The first kappa shape index (κ1) is 20.4. The first-order valence-corrected chi connectivity index (χ1v) is 11.6. The molecule has 2 unspecified atom stereocenters. The second kappa shape index (κ2) is 7.95. The van der Waals surface area contributed by atoms with Crippen molar-refractivity contribution in [3.05, 3.63) is 41.8 Å². The highest BCUT2D eigenvalue weighted by Gasteiger charge is 2.48. The molecule has 168 valence electrons. The summed E-state index contributed by atoms with van der Waals surface area (Å²) in [6.45, 7) is 0. The number of anilines is 1. The number of para-hydroxylation sites is 1. The third-order valence-corrected chi connectivity index (χ3v) is 7.37. The van der Waals surface area contributed by atoms with E-state index in [0.717, 1.165) is 42.1 Å². The number of halogens is 1. The van der Waals surface area contributed by atoms with Crippen LogP contribution in [0.3, 0.4) is 0 Å². The molecular formula is C24H23ClN6O2. The van der Waals surface area contributed by atoms with Crippen LogP contribution in [0.1, 0.15) is 25.7 Å². The standard InChI is InChI=1S/C24H23ClN6O2/c1-33-24(32)18-12-6-8-13(9-7-12)19(18)30-21-14-4-2-3-5-16(14)28-22(31-21)15-10-26-23-20(15)29-17(25)11-27-23/h2-5,10-13,18-19H,6-9H2,1H3,(H,26,27)(H,28,30,31). The summed E-state index contributed by atoms with van der Waals surface area (Å²) < 4.78 is 5.20. The SMILES string of the molecule is COC(=O)C1C2CCC(CC2)C1Nc1nc(-c2c[nH]c3ncc(Cl)nc23)nc2ccccc12. The number of esters is 1. The van der Waals surface area contributed by atoms with Crippen molar-refractivity contribution in [2.24, 2.45) is 17.8 Å². The van der Waals surface area contributed by atoms with Crippen LogP contribution in [-0.4, -0.2) is 44.0 Å². The van der Waals surface area contributed by atoms with Gasteiger partial charge in [0.1, 0.15) is 16.5 Å². The molecule has 2 atom stereocenters. The van der Waals surface area contributed by atoms with Crippen LogP contribution in [0.15, 0.2) is 36.7 Å². The lowest BCUT2D eigenvalue weighted by atomic mass is 9.61. The molecule has 0 spiro atoms. The molecule has 0 amide bonds. The highest BCUT2D eigenvalue weighted by atomic mass is 35.5. The predicted octanol–water partition coefficient (Wildman–Crippen LogP) is 4.61. The number of H-pyrrole nitrogens is 1. The Balaban J connectivity index is 1.47. The number of benzene rings is 1. The van der Waals surface area contributed by atoms with Crippen LogP contribution in [-0.2, 0) is 9.53 Å². The van der Waals surface area contributed by atoms with Crippen molar-refractivity contribution in [1.29, 1.82) is 0 Å². The fourth-order valence-electron chi connectivity index (χ4n) is 5.64. The van der Waals surface area contributed by atoms with Crippen LogP contribution in [0.25, 0.3) is 33.5 Å². The van der Waals surface area contributed by atoms with Gasteiger partial charge < -0.3 is 15.0 Å². The highest BCUT2D eigenvalue weighted by molar-refractivity contribution is 6.29. The van der Waals surface area contributed by atoms with Gasteiger partial charge in [-0.05, 0) is 49.7 Å². The number of nitrogens with one attached hydrogen (secondary N) is 2. The summed E-state index contributed by atoms with van der Waals surface area (Å²) >= 11 is 6.10. The van der Waals surface area contributed by atoms with Gasteiger partial charge in [-0.2, -0.15) is 0 Å². The molecule has 9 heteroatoms. The molecule has 3 aliphatic carbocycles. The van der Waals surface area contributed by atoms with E-state index in [1.807, 2.05) is 24.3 Å². The number of hydrogen-bond donors (Lipinski definition) is 2. The van der Waals surface area contributed by atoms with E-state index in [0.29, 0.717) is 39.8 Å². The first-order valence-electron chi connectivity index (χ1n) is 11.2. The molecule has 3 heterocycles. The van der Waals surface area contributed by atoms with E-state index in [-0.39, 0.29) is 17.9 Å². The number of carbonyl (C=O) groups excluding carboxylic acids is 1. The molecule has 0 saturated heterocycles. The smallest absolute Gasteiger partial charge is 0.311 e. The predicted molar refractivity (Wildman–Crippen MR) is 126 cm³/mol. The maximum atomic E-state index is 12.7. The normalized spacial score (nSPS) is 24.3. The van der Waals surface area contributed by atoms with Crippen LogP contribution in [0.2, 0.25) is 5.15 Å². The molecule has 1 aromatic carbocycles. The van der Waals surface area contributed by atoms with Gasteiger partial charge >= 0.3 is 5.97 Å². The fraction of sp³-hybridized carbons (Fsp3) is 0.375. The lowest BCUT2D eigenvalue weighted by molar-refractivity contribution is -0.152. The van der Waals surface area contributed by atoms with Gasteiger partial charge in [0.05, 0.1) is 30.3 Å². The molecule has 8 nitrogen and oxygen atoms in total. The number of ether oxygens (including phenoxy) is 1. The van der Waals surface area contributed by atoms with E-state index >= 15 is 0 Å². The average molecular weight is 463 g/mol. The summed E-state index contributed by atoms with van der Waals surface area (Å²) in [5.74, 6) is 1.69. The summed E-state index contributed by atoms with van der Waals surface area (Å²) in [5.41, 5.74) is 2.78. The average Bonchev–Trinajstić information content (AvgIpc) is 3.27. The van der Waals surface area contributed by atoms with Crippen molar-refractivity contribution >= 4 is 45.5 Å². The number of aromatic amines is 1. The molecule has 4 aromatic rings. The quantitative estimate of drug-likeness (QED) is 0.426. The van der Waals surface area contributed by atoms with Crippen molar-refractivity contribution in [2.75, 3.05) is 12.4 Å². The van der Waals surface area contributed by atoms with Gasteiger partial charge in [-0.25, -0.2) is 19.9 Å². The van der Waals surface area contributed by atoms with Gasteiger partial charge in [0, 0.05) is 17.6 Å². The van der Waals surface area contributed by atoms with Crippen LogP contribution in [0.5, 0.6) is 0 Å². The van der Waals surface area contributed by atoms with Crippen LogP contribution >= 0.6 is 11.6 Å². The lowest BCUT2D eigenvalue weighted by Crippen LogP contribution is -2.51. The van der Waals surface area contributed by atoms with Crippen molar-refractivity contribution in [3.8, 4) is 11.4 Å². The Bertz CT molecular complexity index is 1360. The number of fused-ring (bicyclic) bond motifs is 5. The van der Waals surface area contributed by atoms with E-state index in [1.54, 1.807) is 6.20 Å². The summed E-state index contributed by atoms with van der Waals surface area (Å²) in [4.78, 5) is 34.3. The number of hydrogen-bond acceptors (Lipinski definition) is 7. The number of rotatable bonds is 4. The van der Waals surface area contributed by atoms with Crippen molar-refractivity contribution < 1.29 is 9.53 Å². The Morgan fingerprint density at radius 3 is 2.73 bits per heavy atom. The Morgan fingerprint density at radius 2 is 1.91 bits per heavy atom. The van der Waals surface area contributed by atoms with Crippen molar-refractivity contribution in [3.63, 3.8) is 0 Å². The minimum atomic E-state index is -0.169. The summed E-state index contributed by atoms with van der Waals surface area (Å²) in [7, 11) is 1.48. The molecule has 7 rings (SSSR count). The van der Waals surface area contributed by atoms with Gasteiger partial charge in [-0.15, -0.1) is 0 Å². The Hall–Kier alpha value is -3.26. The van der Waals surface area contributed by atoms with Gasteiger partial charge in [0.15, 0.2) is 11.5 Å². The second-order valence-electron chi connectivity index (χ2n) is 8.90. The van der Waals surface area contributed by atoms with Gasteiger partial charge in [0.2, 0.25) is 0 Å². The Kier molecular flexibility index (Phi) is 4.90. The first-order chi connectivity index (χ1) is 16.1. The monoisotopic (exact) mass is 462 g/mol. The topological polar surface area (TPSA) is 106 Å². The van der Waals surface area contributed by atoms with Crippen LogP contribution in [0, 0.1) is 17.8 Å². The number of carbonyl (C=O) groups is 1. The second-order valence-corrected chi connectivity index (χ2v) is 9.29. The number of nitrogens with zero attached hydrogens (tertiary/aromatic N) is 4. The van der Waals surface area contributed by atoms with Gasteiger partial charge in [-0.3, -0.25) is 4.79 Å². The summed E-state index contributed by atoms with van der Waals surface area (Å²) in [6.07, 6.45) is 7.68. The Labute approximate surface area is 195 Å². The summed E-state index contributed by atoms with van der Waals surface area (Å²) in [6, 6.07) is 7.87. The highest BCUT2D eigenvalue weighted by Crippen LogP contribution is 2.47. The van der Waals surface area contributed by atoms with Crippen LogP contribution in [0.4, 0.5) is 5.82 Å². The molecule has 33 heavy (non-hydrogen) atoms. The molecular weight excluding hydrogens is 440 g/mol. The van der Waals surface area contributed by atoms with Gasteiger partial charge in [-0.1, -0.05) is 23.7 Å². The largest absolute Gasteiger partial charge is 0.469 e. The van der Waals surface area contributed by atoms with E-state index in [4.69, 9.17) is 26.3 Å². The maximum Gasteiger partial charge on any atom is 0.311 e. The Morgan fingerprint density at radius 1 is 1.12 bits per heavy atom. The van der Waals surface area contributed by atoms with Crippen LogP contribution < -0.4 is 5.32 Å². The molecule has 3 aliphatic rings. The van der Waals surface area contributed by atoms with E-state index < -0.39 is 0 Å². The molecule has 0 aliphatic heterocycles. The molecule has 3 saturated carbocycles.